The van der Waals surface area contributed by atoms with Crippen LogP contribution in [0.15, 0.2) is 83.8 Å². The van der Waals surface area contributed by atoms with Gasteiger partial charge in [-0.05, 0) is 60.5 Å². The lowest BCUT2D eigenvalue weighted by Crippen LogP contribution is -2.14. The van der Waals surface area contributed by atoms with Crippen molar-refractivity contribution in [1.29, 1.82) is 0 Å². The minimum Gasteiger partial charge on any atom is -0.497 e. The first kappa shape index (κ1) is 21.1. The first-order valence-electron chi connectivity index (χ1n) is 9.19. The molecule has 0 unspecified atom stereocenters. The topological polar surface area (TPSA) is 84.5 Å². The monoisotopic (exact) mass is 422 g/mol. The third-order valence-electron chi connectivity index (χ3n) is 4.35. The molecule has 3 aromatic rings. The number of benzene rings is 3. The normalized spacial score (nSPS) is 11.3. The van der Waals surface area contributed by atoms with Gasteiger partial charge in [0, 0.05) is 11.8 Å². The van der Waals surface area contributed by atoms with E-state index in [4.69, 9.17) is 4.74 Å². The predicted octanol–water partition coefficient (Wildman–Crippen LogP) is 4.46. The number of hydrogen-bond donors (Lipinski definition) is 2. The van der Waals surface area contributed by atoms with Gasteiger partial charge in [0.1, 0.15) is 5.75 Å². The standard InChI is InChI=1S/C23H22N2O4S/c1-17-8-12-19(16-22(17)25-30(27,28)21-6-4-3-5-7-21)24-23(26)15-11-18-9-13-20(29-2)14-10-18/h3-16,25H,1-2H3,(H,24,26)/b15-11+. The minimum absolute atomic E-state index is 0.168. The van der Waals surface area contributed by atoms with Crippen molar-refractivity contribution in [2.24, 2.45) is 0 Å². The molecule has 0 heterocycles. The Hall–Kier alpha value is -3.58. The Labute approximate surface area is 176 Å². The molecule has 2 N–H and O–H groups in total. The Bertz CT molecular complexity index is 1160. The summed E-state index contributed by atoms with van der Waals surface area (Å²) in [7, 11) is -2.13. The molecule has 0 aliphatic heterocycles. The van der Waals surface area contributed by atoms with Gasteiger partial charge in [0.2, 0.25) is 5.91 Å². The van der Waals surface area contributed by atoms with Crippen molar-refractivity contribution >= 4 is 33.4 Å². The van der Waals surface area contributed by atoms with Gasteiger partial charge in [-0.3, -0.25) is 9.52 Å². The van der Waals surface area contributed by atoms with Crippen LogP contribution in [0.1, 0.15) is 11.1 Å². The average molecular weight is 423 g/mol. The molecule has 0 saturated heterocycles. The fourth-order valence-corrected chi connectivity index (χ4v) is 3.83. The molecule has 0 spiro atoms. The van der Waals surface area contributed by atoms with Crippen LogP contribution in [0.2, 0.25) is 0 Å². The highest BCUT2D eigenvalue weighted by molar-refractivity contribution is 7.92. The highest BCUT2D eigenvalue weighted by Crippen LogP contribution is 2.23. The second-order valence-electron chi connectivity index (χ2n) is 6.54. The first-order valence-corrected chi connectivity index (χ1v) is 10.7. The highest BCUT2D eigenvalue weighted by Gasteiger charge is 2.15. The Kier molecular flexibility index (Phi) is 6.54. The van der Waals surface area contributed by atoms with E-state index in [9.17, 15) is 13.2 Å². The molecule has 0 radical (unpaired) electrons. The van der Waals surface area contributed by atoms with Crippen molar-refractivity contribution in [3.8, 4) is 5.75 Å². The molecule has 0 atom stereocenters. The Morgan fingerprint density at radius 3 is 2.33 bits per heavy atom. The number of rotatable bonds is 7. The number of hydrogen-bond acceptors (Lipinski definition) is 4. The van der Waals surface area contributed by atoms with Gasteiger partial charge < -0.3 is 10.1 Å². The van der Waals surface area contributed by atoms with Gasteiger partial charge in [0.25, 0.3) is 10.0 Å². The number of sulfonamides is 1. The number of methoxy groups -OCH3 is 1. The number of carbonyl (C=O) groups is 1. The van der Waals surface area contributed by atoms with Crippen molar-refractivity contribution in [2.75, 3.05) is 17.1 Å². The molecule has 6 nitrogen and oxygen atoms in total. The molecule has 0 fully saturated rings. The van der Waals surface area contributed by atoms with Crippen LogP contribution in [0.5, 0.6) is 5.75 Å². The molecule has 0 aliphatic rings. The van der Waals surface area contributed by atoms with E-state index in [2.05, 4.69) is 10.0 Å². The van der Waals surface area contributed by atoms with Gasteiger partial charge >= 0.3 is 0 Å². The summed E-state index contributed by atoms with van der Waals surface area (Å²) >= 11 is 0. The summed E-state index contributed by atoms with van der Waals surface area (Å²) in [5.74, 6) is 0.410. The van der Waals surface area contributed by atoms with Gasteiger partial charge in [-0.25, -0.2) is 8.42 Å². The summed E-state index contributed by atoms with van der Waals surface area (Å²) in [6.07, 6.45) is 3.09. The quantitative estimate of drug-likeness (QED) is 0.551. The smallest absolute Gasteiger partial charge is 0.261 e. The fourth-order valence-electron chi connectivity index (χ4n) is 2.68. The van der Waals surface area contributed by atoms with E-state index in [1.165, 1.54) is 18.2 Å². The molecule has 0 bridgehead atoms. The number of aryl methyl sites for hydroxylation is 1. The SMILES string of the molecule is COc1ccc(/C=C/C(=O)Nc2ccc(C)c(NS(=O)(=O)c3ccccc3)c2)cc1. The van der Waals surface area contributed by atoms with E-state index in [1.807, 2.05) is 24.3 Å². The number of nitrogens with one attached hydrogen (secondary N) is 2. The molecular weight excluding hydrogens is 400 g/mol. The Morgan fingerprint density at radius 1 is 0.967 bits per heavy atom. The number of ether oxygens (including phenoxy) is 1. The first-order chi connectivity index (χ1) is 14.4. The summed E-state index contributed by atoms with van der Waals surface area (Å²) in [4.78, 5) is 12.4. The van der Waals surface area contributed by atoms with Gasteiger partial charge in [-0.2, -0.15) is 0 Å². The van der Waals surface area contributed by atoms with Crippen molar-refractivity contribution in [3.05, 3.63) is 90.0 Å². The summed E-state index contributed by atoms with van der Waals surface area (Å²) in [6.45, 7) is 1.79. The lowest BCUT2D eigenvalue weighted by molar-refractivity contribution is -0.111. The van der Waals surface area contributed by atoms with Crippen molar-refractivity contribution in [1.82, 2.24) is 0 Å². The van der Waals surface area contributed by atoms with Gasteiger partial charge in [0.15, 0.2) is 0 Å². The second-order valence-corrected chi connectivity index (χ2v) is 8.23. The van der Waals surface area contributed by atoms with Crippen LogP contribution in [0, 0.1) is 6.92 Å². The van der Waals surface area contributed by atoms with Crippen molar-refractivity contribution < 1.29 is 17.9 Å². The lowest BCUT2D eigenvalue weighted by Gasteiger charge is -2.12. The minimum atomic E-state index is -3.72. The lowest BCUT2D eigenvalue weighted by atomic mass is 10.2. The number of amides is 1. The number of anilines is 2. The van der Waals surface area contributed by atoms with Crippen LogP contribution in [-0.2, 0) is 14.8 Å². The van der Waals surface area contributed by atoms with Crippen LogP contribution in [0.3, 0.4) is 0 Å². The van der Waals surface area contributed by atoms with E-state index in [0.717, 1.165) is 16.9 Å². The predicted molar refractivity (Wildman–Crippen MR) is 119 cm³/mol. The highest BCUT2D eigenvalue weighted by atomic mass is 32.2. The van der Waals surface area contributed by atoms with E-state index < -0.39 is 10.0 Å². The van der Waals surface area contributed by atoms with Gasteiger partial charge in [-0.1, -0.05) is 36.4 Å². The van der Waals surface area contributed by atoms with Crippen LogP contribution in [0.4, 0.5) is 11.4 Å². The van der Waals surface area contributed by atoms with Crippen molar-refractivity contribution in [2.45, 2.75) is 11.8 Å². The Morgan fingerprint density at radius 2 is 1.67 bits per heavy atom. The third-order valence-corrected chi connectivity index (χ3v) is 5.73. The molecule has 0 aliphatic carbocycles. The van der Waals surface area contributed by atoms with Crippen LogP contribution < -0.4 is 14.8 Å². The summed E-state index contributed by atoms with van der Waals surface area (Å²) < 4.78 is 32.8. The largest absolute Gasteiger partial charge is 0.497 e. The van der Waals surface area contributed by atoms with Crippen LogP contribution >= 0.6 is 0 Å². The molecule has 3 rings (SSSR count). The van der Waals surface area contributed by atoms with E-state index in [1.54, 1.807) is 56.5 Å². The van der Waals surface area contributed by atoms with E-state index >= 15 is 0 Å². The van der Waals surface area contributed by atoms with Crippen molar-refractivity contribution in [3.63, 3.8) is 0 Å². The maximum atomic E-state index is 12.6. The molecule has 3 aromatic carbocycles. The van der Waals surface area contributed by atoms with Gasteiger partial charge in [-0.15, -0.1) is 0 Å². The maximum Gasteiger partial charge on any atom is 0.261 e. The van der Waals surface area contributed by atoms with Gasteiger partial charge in [0.05, 0.1) is 17.7 Å². The van der Waals surface area contributed by atoms with E-state index in [-0.39, 0.29) is 10.8 Å². The molecule has 30 heavy (non-hydrogen) atoms. The average Bonchev–Trinajstić information content (AvgIpc) is 2.75. The molecular formula is C23H22N2O4S. The molecule has 7 heteroatoms. The third kappa shape index (κ3) is 5.48. The fraction of sp³-hybridized carbons (Fsp3) is 0.0870. The number of carbonyl (C=O) groups excluding carboxylic acids is 1. The zero-order valence-corrected chi connectivity index (χ0v) is 17.4. The second kappa shape index (κ2) is 9.28. The zero-order chi connectivity index (χ0) is 21.6. The summed E-state index contributed by atoms with van der Waals surface area (Å²) in [5, 5.41) is 2.74. The maximum absolute atomic E-state index is 12.6. The summed E-state index contributed by atoms with van der Waals surface area (Å²) in [6, 6.07) is 20.5. The van der Waals surface area contributed by atoms with Crippen LogP contribution in [-0.4, -0.2) is 21.4 Å². The molecule has 0 aromatic heterocycles. The van der Waals surface area contributed by atoms with E-state index in [0.29, 0.717) is 11.4 Å². The molecule has 154 valence electrons. The van der Waals surface area contributed by atoms with Crippen LogP contribution in [0.25, 0.3) is 6.08 Å². The Balaban J connectivity index is 1.71. The molecule has 1 amide bonds. The zero-order valence-electron chi connectivity index (χ0n) is 16.6. The molecule has 0 saturated carbocycles. The summed E-state index contributed by atoms with van der Waals surface area (Å²) in [5.41, 5.74) is 2.47.